The predicted molar refractivity (Wildman–Crippen MR) is 101 cm³/mol. The van der Waals surface area contributed by atoms with Crippen LogP contribution in [-0.2, 0) is 6.42 Å². The van der Waals surface area contributed by atoms with Crippen molar-refractivity contribution in [2.75, 3.05) is 19.0 Å². The fourth-order valence-corrected chi connectivity index (χ4v) is 2.44. The molecule has 0 saturated heterocycles. The Morgan fingerprint density at radius 3 is 2.63 bits per heavy atom. The Bertz CT molecular complexity index is 916. The summed E-state index contributed by atoms with van der Waals surface area (Å²) in [6, 6.07) is 13.9. The molecule has 27 heavy (non-hydrogen) atoms. The zero-order chi connectivity index (χ0) is 19.1. The van der Waals surface area contributed by atoms with E-state index in [4.69, 9.17) is 4.74 Å². The van der Waals surface area contributed by atoms with Gasteiger partial charge in [0.1, 0.15) is 11.6 Å². The van der Waals surface area contributed by atoms with Crippen LogP contribution in [0.15, 0.2) is 60.9 Å². The zero-order valence-corrected chi connectivity index (χ0v) is 14.8. The first-order chi connectivity index (χ1) is 13.2. The molecule has 0 spiro atoms. The van der Waals surface area contributed by atoms with E-state index in [1.807, 2.05) is 24.3 Å². The molecular weight excluding hydrogens is 347 g/mol. The molecule has 2 aromatic carbocycles. The van der Waals surface area contributed by atoms with E-state index >= 15 is 0 Å². The van der Waals surface area contributed by atoms with Gasteiger partial charge in [-0.15, -0.1) is 0 Å². The number of nitrogens with one attached hydrogen (secondary N) is 2. The van der Waals surface area contributed by atoms with E-state index in [0.29, 0.717) is 18.5 Å². The Balaban J connectivity index is 1.53. The molecule has 7 heteroatoms. The summed E-state index contributed by atoms with van der Waals surface area (Å²) < 4.78 is 18.8. The molecule has 0 aliphatic rings. The summed E-state index contributed by atoms with van der Waals surface area (Å²) in [6.07, 6.45) is 3.48. The van der Waals surface area contributed by atoms with Gasteiger partial charge in [0.05, 0.1) is 18.4 Å². The van der Waals surface area contributed by atoms with Crippen molar-refractivity contribution in [2.45, 2.75) is 6.42 Å². The highest BCUT2D eigenvalue weighted by molar-refractivity contribution is 5.93. The van der Waals surface area contributed by atoms with Crippen molar-refractivity contribution < 1.29 is 13.9 Å². The second-order valence-electron chi connectivity index (χ2n) is 5.76. The summed E-state index contributed by atoms with van der Waals surface area (Å²) in [5, 5.41) is 5.60. The molecule has 3 rings (SSSR count). The Morgan fingerprint density at radius 1 is 1.11 bits per heavy atom. The van der Waals surface area contributed by atoms with Crippen LogP contribution >= 0.6 is 0 Å². The van der Waals surface area contributed by atoms with Crippen molar-refractivity contribution in [1.29, 1.82) is 0 Å². The van der Waals surface area contributed by atoms with Crippen molar-refractivity contribution >= 4 is 17.5 Å². The Kier molecular flexibility index (Phi) is 5.94. The van der Waals surface area contributed by atoms with Gasteiger partial charge in [-0.25, -0.2) is 14.4 Å². The summed E-state index contributed by atoms with van der Waals surface area (Å²) in [5.41, 5.74) is 1.67. The largest absolute Gasteiger partial charge is 0.497 e. The number of hydrogen-bond donors (Lipinski definition) is 2. The van der Waals surface area contributed by atoms with E-state index in [2.05, 4.69) is 20.6 Å². The molecule has 1 aromatic heterocycles. The number of nitrogens with zero attached hydrogens (tertiary/aromatic N) is 2. The first-order valence-electron chi connectivity index (χ1n) is 8.40. The first kappa shape index (κ1) is 18.3. The fourth-order valence-electron chi connectivity index (χ4n) is 2.44. The third kappa shape index (κ3) is 5.01. The van der Waals surface area contributed by atoms with Gasteiger partial charge < -0.3 is 15.4 Å². The molecule has 2 N–H and O–H groups in total. The number of methoxy groups -OCH3 is 1. The number of rotatable bonds is 7. The minimum absolute atomic E-state index is 0.216. The zero-order valence-electron chi connectivity index (χ0n) is 14.8. The lowest BCUT2D eigenvalue weighted by Gasteiger charge is -2.08. The maximum absolute atomic E-state index is 13.6. The molecule has 0 unspecified atom stereocenters. The number of amides is 1. The molecule has 0 atom stereocenters. The fraction of sp³-hybridized carbons (Fsp3) is 0.150. The molecule has 0 fully saturated rings. The van der Waals surface area contributed by atoms with E-state index in [9.17, 15) is 9.18 Å². The quantitative estimate of drug-likeness (QED) is 0.671. The second kappa shape index (κ2) is 8.75. The van der Waals surface area contributed by atoms with Gasteiger partial charge in [-0.05, 0) is 36.2 Å². The van der Waals surface area contributed by atoms with Gasteiger partial charge in [0, 0.05) is 18.9 Å². The van der Waals surface area contributed by atoms with Crippen molar-refractivity contribution in [3.05, 3.63) is 77.9 Å². The highest BCUT2D eigenvalue weighted by Gasteiger charge is 2.08. The lowest BCUT2D eigenvalue weighted by molar-refractivity contribution is 0.0953. The average molecular weight is 366 g/mol. The van der Waals surface area contributed by atoms with Gasteiger partial charge in [0.15, 0.2) is 0 Å². The Hall–Kier alpha value is -3.48. The highest BCUT2D eigenvalue weighted by atomic mass is 19.1. The number of aromatic nitrogens is 2. The molecular formula is C20H19FN4O2. The van der Waals surface area contributed by atoms with Crippen LogP contribution in [0, 0.1) is 5.82 Å². The number of hydrogen-bond acceptors (Lipinski definition) is 5. The van der Waals surface area contributed by atoms with Gasteiger partial charge in [0.2, 0.25) is 5.95 Å². The second-order valence-corrected chi connectivity index (χ2v) is 5.76. The van der Waals surface area contributed by atoms with Crippen LogP contribution in [0.3, 0.4) is 0 Å². The Morgan fingerprint density at radius 2 is 1.89 bits per heavy atom. The van der Waals surface area contributed by atoms with Gasteiger partial charge in [-0.1, -0.05) is 24.3 Å². The van der Waals surface area contributed by atoms with Crippen LogP contribution in [0.5, 0.6) is 5.75 Å². The number of carbonyl (C=O) groups is 1. The van der Waals surface area contributed by atoms with E-state index < -0.39 is 5.82 Å². The normalized spacial score (nSPS) is 10.3. The molecule has 0 saturated carbocycles. The van der Waals surface area contributed by atoms with Gasteiger partial charge in [-0.3, -0.25) is 4.79 Å². The van der Waals surface area contributed by atoms with Crippen molar-refractivity contribution in [2.24, 2.45) is 0 Å². The highest BCUT2D eigenvalue weighted by Crippen LogP contribution is 2.16. The van der Waals surface area contributed by atoms with Crippen molar-refractivity contribution in [1.82, 2.24) is 15.3 Å². The maximum Gasteiger partial charge on any atom is 0.254 e. The number of para-hydroxylation sites is 1. The Labute approximate surface area is 156 Å². The van der Waals surface area contributed by atoms with Crippen LogP contribution in [0.4, 0.5) is 16.0 Å². The molecule has 1 heterocycles. The van der Waals surface area contributed by atoms with Gasteiger partial charge in [-0.2, -0.15) is 0 Å². The summed E-state index contributed by atoms with van der Waals surface area (Å²) in [5.74, 6) is 0.328. The molecule has 6 nitrogen and oxygen atoms in total. The minimum Gasteiger partial charge on any atom is -0.497 e. The molecule has 0 radical (unpaired) electrons. The minimum atomic E-state index is -0.402. The lowest BCUT2D eigenvalue weighted by Crippen LogP contribution is -2.26. The van der Waals surface area contributed by atoms with Crippen LogP contribution in [0.25, 0.3) is 0 Å². The summed E-state index contributed by atoms with van der Waals surface area (Å²) in [4.78, 5) is 20.3. The van der Waals surface area contributed by atoms with Gasteiger partial charge in [0.25, 0.3) is 5.91 Å². The van der Waals surface area contributed by atoms with E-state index in [-0.39, 0.29) is 17.5 Å². The van der Waals surface area contributed by atoms with E-state index in [0.717, 1.165) is 11.3 Å². The standard InChI is InChI=1S/C20H19FN4O2/c1-27-16-6-4-5-14(11-16)9-10-22-19(26)15-12-23-20(24-13-15)25-18-8-3-2-7-17(18)21/h2-8,11-13H,9-10H2,1H3,(H,22,26)(H,23,24,25). The molecule has 0 bridgehead atoms. The van der Waals surface area contributed by atoms with Crippen LogP contribution in [0.2, 0.25) is 0 Å². The summed E-state index contributed by atoms with van der Waals surface area (Å²) >= 11 is 0. The third-order valence-corrected chi connectivity index (χ3v) is 3.87. The number of benzene rings is 2. The van der Waals surface area contributed by atoms with Gasteiger partial charge >= 0.3 is 0 Å². The van der Waals surface area contributed by atoms with Crippen molar-refractivity contribution in [3.8, 4) is 5.75 Å². The first-order valence-corrected chi connectivity index (χ1v) is 8.40. The van der Waals surface area contributed by atoms with Crippen LogP contribution < -0.4 is 15.4 Å². The molecule has 1 amide bonds. The maximum atomic E-state index is 13.6. The SMILES string of the molecule is COc1cccc(CCNC(=O)c2cnc(Nc3ccccc3F)nc2)c1. The smallest absolute Gasteiger partial charge is 0.254 e. The summed E-state index contributed by atoms with van der Waals surface area (Å²) in [7, 11) is 1.62. The molecule has 0 aliphatic carbocycles. The number of anilines is 2. The molecule has 138 valence electrons. The number of ether oxygens (including phenoxy) is 1. The van der Waals surface area contributed by atoms with Crippen molar-refractivity contribution in [3.63, 3.8) is 0 Å². The van der Waals surface area contributed by atoms with E-state index in [1.165, 1.54) is 18.5 Å². The van der Waals surface area contributed by atoms with E-state index in [1.54, 1.807) is 25.3 Å². The third-order valence-electron chi connectivity index (χ3n) is 3.87. The van der Waals surface area contributed by atoms with Crippen LogP contribution in [0.1, 0.15) is 15.9 Å². The summed E-state index contributed by atoms with van der Waals surface area (Å²) in [6.45, 7) is 0.473. The monoisotopic (exact) mass is 366 g/mol. The predicted octanol–water partition coefficient (Wildman–Crippen LogP) is 3.34. The molecule has 3 aromatic rings. The van der Waals surface area contributed by atoms with Crippen LogP contribution in [-0.4, -0.2) is 29.5 Å². The molecule has 0 aliphatic heterocycles. The topological polar surface area (TPSA) is 76.1 Å². The average Bonchev–Trinajstić information content (AvgIpc) is 2.70. The lowest BCUT2D eigenvalue weighted by atomic mass is 10.1. The number of carbonyl (C=O) groups excluding carboxylic acids is 1. The number of halogens is 1.